The van der Waals surface area contributed by atoms with Gasteiger partial charge in [0.05, 0.1) is 24.0 Å². The van der Waals surface area contributed by atoms with E-state index < -0.39 is 11.8 Å². The molecule has 0 fully saturated rings. The predicted molar refractivity (Wildman–Crippen MR) is 111 cm³/mol. The van der Waals surface area contributed by atoms with Crippen LogP contribution >= 0.6 is 0 Å². The summed E-state index contributed by atoms with van der Waals surface area (Å²) in [5.74, 6) is 0.199. The number of methoxy groups -OCH3 is 1. The third-order valence-electron chi connectivity index (χ3n) is 4.00. The monoisotopic (exact) mass is 408 g/mol. The second-order valence-corrected chi connectivity index (χ2v) is 6.02. The molecule has 0 spiro atoms. The average molecular weight is 408 g/mol. The molecule has 0 aliphatic rings. The zero-order valence-electron chi connectivity index (χ0n) is 16.6. The Balaban J connectivity index is 2.06. The van der Waals surface area contributed by atoms with Gasteiger partial charge in [0, 0.05) is 20.2 Å². The fraction of sp³-hybridized carbons (Fsp3) is 0.158. The number of aromatic nitrogens is 5. The van der Waals surface area contributed by atoms with E-state index in [-0.39, 0.29) is 11.5 Å². The highest BCUT2D eigenvalue weighted by Gasteiger charge is 2.19. The molecule has 0 saturated heterocycles. The lowest BCUT2D eigenvalue weighted by Crippen LogP contribution is -2.22. The van der Waals surface area contributed by atoms with Gasteiger partial charge >= 0.3 is 0 Å². The number of benzene rings is 1. The number of anilines is 3. The minimum absolute atomic E-state index is 0.0394. The lowest BCUT2D eigenvalue weighted by molar-refractivity contribution is -0.111. The first-order valence-electron chi connectivity index (χ1n) is 8.80. The maximum Gasteiger partial charge on any atom is 0.273 e. The van der Waals surface area contributed by atoms with Gasteiger partial charge in [-0.2, -0.15) is 5.10 Å². The van der Waals surface area contributed by atoms with Crippen LogP contribution < -0.4 is 20.7 Å². The second kappa shape index (κ2) is 8.82. The van der Waals surface area contributed by atoms with E-state index in [0.29, 0.717) is 28.5 Å². The van der Waals surface area contributed by atoms with Crippen molar-refractivity contribution in [1.82, 2.24) is 30.3 Å². The molecule has 2 heterocycles. The number of carbonyl (C=O) groups is 2. The molecular weight excluding hydrogens is 388 g/mol. The van der Waals surface area contributed by atoms with Crippen molar-refractivity contribution >= 4 is 29.0 Å². The summed E-state index contributed by atoms with van der Waals surface area (Å²) in [7, 11) is 4.77. The van der Waals surface area contributed by atoms with Gasteiger partial charge in [-0.15, -0.1) is 10.2 Å². The zero-order chi connectivity index (χ0) is 21.7. The minimum Gasteiger partial charge on any atom is -0.494 e. The van der Waals surface area contributed by atoms with Crippen molar-refractivity contribution in [1.29, 1.82) is 0 Å². The smallest absolute Gasteiger partial charge is 0.273 e. The van der Waals surface area contributed by atoms with Crippen molar-refractivity contribution in [3.63, 3.8) is 0 Å². The second-order valence-electron chi connectivity index (χ2n) is 6.02. The summed E-state index contributed by atoms with van der Waals surface area (Å²) in [5, 5.41) is 20.3. The molecule has 3 aromatic rings. The first kappa shape index (κ1) is 20.5. The Kier molecular flexibility index (Phi) is 6.01. The number of hydrogen-bond acceptors (Lipinski definition) is 8. The minimum atomic E-state index is -0.455. The molecule has 3 N–H and O–H groups in total. The molecule has 0 atom stereocenters. The first-order valence-corrected chi connectivity index (χ1v) is 8.80. The Bertz CT molecular complexity index is 1110. The Morgan fingerprint density at radius 2 is 2.03 bits per heavy atom. The van der Waals surface area contributed by atoms with Crippen LogP contribution in [-0.2, 0) is 11.8 Å². The third-order valence-corrected chi connectivity index (χ3v) is 4.00. The Labute approximate surface area is 172 Å². The van der Waals surface area contributed by atoms with Crippen molar-refractivity contribution < 1.29 is 14.3 Å². The predicted octanol–water partition coefficient (Wildman–Crippen LogP) is 1.51. The van der Waals surface area contributed by atoms with Gasteiger partial charge in [-0.3, -0.25) is 14.3 Å². The maximum atomic E-state index is 12.2. The molecule has 30 heavy (non-hydrogen) atoms. The SMILES string of the molecule is C=CC(=O)Nc1cc(Nc2cccc(-c3ncn(C)n3)c2OC)c(C(=O)NC)nn1. The lowest BCUT2D eigenvalue weighted by atomic mass is 10.1. The van der Waals surface area contributed by atoms with Crippen LogP contribution in [0.1, 0.15) is 10.5 Å². The summed E-state index contributed by atoms with van der Waals surface area (Å²) in [6.45, 7) is 3.40. The molecule has 154 valence electrons. The normalized spacial score (nSPS) is 10.2. The Morgan fingerprint density at radius 3 is 2.67 bits per heavy atom. The van der Waals surface area contributed by atoms with Crippen LogP contribution in [0, 0.1) is 0 Å². The summed E-state index contributed by atoms with van der Waals surface area (Å²) in [4.78, 5) is 28.1. The van der Waals surface area contributed by atoms with Gasteiger partial charge in [-0.25, -0.2) is 4.98 Å². The first-order chi connectivity index (χ1) is 14.5. The Hall–Kier alpha value is -4.28. The fourth-order valence-corrected chi connectivity index (χ4v) is 2.65. The topological polar surface area (TPSA) is 136 Å². The van der Waals surface area contributed by atoms with E-state index in [1.54, 1.807) is 30.2 Å². The fourth-order valence-electron chi connectivity index (χ4n) is 2.65. The third kappa shape index (κ3) is 4.24. The molecule has 2 amide bonds. The van der Waals surface area contributed by atoms with Crippen LogP contribution in [0.3, 0.4) is 0 Å². The number of ether oxygens (including phenoxy) is 1. The summed E-state index contributed by atoms with van der Waals surface area (Å²) < 4.78 is 7.16. The highest BCUT2D eigenvalue weighted by atomic mass is 16.5. The van der Waals surface area contributed by atoms with Gasteiger partial charge in [-0.1, -0.05) is 12.6 Å². The molecule has 0 saturated carbocycles. The summed E-state index contributed by atoms with van der Waals surface area (Å²) in [6, 6.07) is 6.87. The van der Waals surface area contributed by atoms with Crippen LogP contribution in [0.4, 0.5) is 17.2 Å². The lowest BCUT2D eigenvalue weighted by Gasteiger charge is -2.16. The number of hydrogen-bond donors (Lipinski definition) is 3. The van der Waals surface area contributed by atoms with Crippen molar-refractivity contribution in [2.75, 3.05) is 24.8 Å². The maximum absolute atomic E-state index is 12.2. The molecule has 0 bridgehead atoms. The van der Waals surface area contributed by atoms with E-state index in [0.717, 1.165) is 6.08 Å². The van der Waals surface area contributed by atoms with Crippen LogP contribution in [0.5, 0.6) is 5.75 Å². The number of aryl methyl sites for hydroxylation is 1. The highest BCUT2D eigenvalue weighted by molar-refractivity contribution is 6.01. The van der Waals surface area contributed by atoms with Crippen molar-refractivity contribution in [3.8, 4) is 17.1 Å². The number of nitrogens with zero attached hydrogens (tertiary/aromatic N) is 5. The van der Waals surface area contributed by atoms with E-state index in [1.807, 2.05) is 6.07 Å². The molecule has 11 nitrogen and oxygen atoms in total. The summed E-state index contributed by atoms with van der Waals surface area (Å²) >= 11 is 0. The Morgan fingerprint density at radius 1 is 1.23 bits per heavy atom. The standard InChI is InChI=1S/C19H20N8O3/c1-5-15(28)23-14-9-13(16(25-24-14)19(29)20-2)22-12-8-6-7-11(17(12)30-4)18-21-10-27(3)26-18/h5-10H,1H2,2-4H3,(H,20,29)(H2,22,23,24,28). The highest BCUT2D eigenvalue weighted by Crippen LogP contribution is 2.37. The molecule has 2 aromatic heterocycles. The molecular formula is C19H20N8O3. The molecule has 0 radical (unpaired) electrons. The average Bonchev–Trinajstić information content (AvgIpc) is 3.19. The number of carbonyl (C=O) groups excluding carboxylic acids is 2. The van der Waals surface area contributed by atoms with Crippen LogP contribution in [0.2, 0.25) is 0 Å². The summed E-state index contributed by atoms with van der Waals surface area (Å²) in [6.07, 6.45) is 2.69. The van der Waals surface area contributed by atoms with Gasteiger partial charge in [0.2, 0.25) is 5.91 Å². The van der Waals surface area contributed by atoms with E-state index in [2.05, 4.69) is 42.8 Å². The van der Waals surface area contributed by atoms with Gasteiger partial charge in [0.25, 0.3) is 5.91 Å². The van der Waals surface area contributed by atoms with Gasteiger partial charge in [0.1, 0.15) is 6.33 Å². The van der Waals surface area contributed by atoms with Crippen LogP contribution in [0.25, 0.3) is 11.4 Å². The van der Waals surface area contributed by atoms with Gasteiger partial charge in [-0.05, 0) is 18.2 Å². The summed E-state index contributed by atoms with van der Waals surface area (Å²) in [5.41, 5.74) is 1.55. The molecule has 0 unspecified atom stereocenters. The van der Waals surface area contributed by atoms with E-state index in [9.17, 15) is 9.59 Å². The molecule has 11 heteroatoms. The van der Waals surface area contributed by atoms with E-state index in [1.165, 1.54) is 20.2 Å². The van der Waals surface area contributed by atoms with Crippen LogP contribution in [-0.4, -0.2) is 50.9 Å². The molecule has 1 aromatic carbocycles. The van der Waals surface area contributed by atoms with Crippen LogP contribution in [0.15, 0.2) is 43.2 Å². The van der Waals surface area contributed by atoms with Crippen molar-refractivity contribution in [2.45, 2.75) is 0 Å². The van der Waals surface area contributed by atoms with Gasteiger partial charge in [0.15, 0.2) is 23.1 Å². The van der Waals surface area contributed by atoms with E-state index >= 15 is 0 Å². The molecule has 3 rings (SSSR count). The molecule has 0 aliphatic carbocycles. The van der Waals surface area contributed by atoms with Gasteiger partial charge < -0.3 is 20.7 Å². The number of para-hydroxylation sites is 1. The van der Waals surface area contributed by atoms with Crippen molar-refractivity contribution in [2.24, 2.45) is 7.05 Å². The zero-order valence-corrected chi connectivity index (χ0v) is 16.6. The number of rotatable bonds is 7. The number of nitrogens with one attached hydrogen (secondary N) is 3. The quantitative estimate of drug-likeness (QED) is 0.501. The molecule has 0 aliphatic heterocycles. The van der Waals surface area contributed by atoms with Crippen molar-refractivity contribution in [3.05, 3.63) is 48.9 Å². The largest absolute Gasteiger partial charge is 0.494 e. The van der Waals surface area contributed by atoms with E-state index in [4.69, 9.17) is 4.74 Å². The number of amides is 2.